The number of benzene rings is 1. The molecule has 0 saturated carbocycles. The molecule has 1 aromatic rings. The molecule has 1 unspecified atom stereocenters. The molecule has 1 amide bonds. The molecule has 3 nitrogen and oxygen atoms in total. The van der Waals surface area contributed by atoms with Crippen LogP contribution in [0.2, 0.25) is 10.0 Å². The Morgan fingerprint density at radius 3 is 2.56 bits per heavy atom. The summed E-state index contributed by atoms with van der Waals surface area (Å²) in [5, 5.41) is 6.48. The molecule has 16 heavy (non-hydrogen) atoms. The second-order valence-electron chi connectivity index (χ2n) is 3.71. The van der Waals surface area contributed by atoms with Crippen molar-refractivity contribution in [2.24, 2.45) is 11.0 Å². The van der Waals surface area contributed by atoms with E-state index < -0.39 is 0 Å². The summed E-state index contributed by atoms with van der Waals surface area (Å²) < 4.78 is 0. The van der Waals surface area contributed by atoms with Gasteiger partial charge in [0, 0.05) is 10.7 Å². The van der Waals surface area contributed by atoms with Gasteiger partial charge < -0.3 is 0 Å². The van der Waals surface area contributed by atoms with Crippen molar-refractivity contribution in [3.8, 4) is 0 Å². The molecule has 0 saturated heterocycles. The summed E-state index contributed by atoms with van der Waals surface area (Å²) in [6.45, 7) is 3.65. The van der Waals surface area contributed by atoms with Crippen molar-refractivity contribution >= 4 is 40.5 Å². The zero-order valence-corrected chi connectivity index (χ0v) is 10.4. The van der Waals surface area contributed by atoms with E-state index in [9.17, 15) is 4.79 Å². The van der Waals surface area contributed by atoms with Crippen LogP contribution in [-0.4, -0.2) is 11.6 Å². The van der Waals surface area contributed by atoms with E-state index in [2.05, 4.69) is 5.10 Å². The monoisotopic (exact) mass is 256 g/mol. The van der Waals surface area contributed by atoms with Crippen LogP contribution in [0, 0.1) is 5.92 Å². The van der Waals surface area contributed by atoms with Crippen molar-refractivity contribution in [1.29, 1.82) is 0 Å². The molecule has 0 fully saturated rings. The lowest BCUT2D eigenvalue weighted by Gasteiger charge is -2.14. The van der Waals surface area contributed by atoms with Gasteiger partial charge >= 0.3 is 0 Å². The Morgan fingerprint density at radius 2 is 2.06 bits per heavy atom. The Hall–Kier alpha value is -1.06. The Bertz CT molecular complexity index is 485. The van der Waals surface area contributed by atoms with Crippen LogP contribution in [0.3, 0.4) is 0 Å². The first kappa shape index (κ1) is 11.4. The fourth-order valence-corrected chi connectivity index (χ4v) is 1.97. The third kappa shape index (κ3) is 1.81. The number of nitrogens with zero attached hydrogens (tertiary/aromatic N) is 2. The number of hydrazone groups is 1. The summed E-state index contributed by atoms with van der Waals surface area (Å²) in [6.07, 6.45) is 0. The maximum atomic E-state index is 11.9. The van der Waals surface area contributed by atoms with Crippen LogP contribution < -0.4 is 5.01 Å². The van der Waals surface area contributed by atoms with Crippen LogP contribution in [-0.2, 0) is 4.79 Å². The molecule has 0 aliphatic carbocycles. The molecule has 84 valence electrons. The van der Waals surface area contributed by atoms with Gasteiger partial charge in [-0.15, -0.1) is 0 Å². The van der Waals surface area contributed by atoms with E-state index >= 15 is 0 Å². The zero-order valence-electron chi connectivity index (χ0n) is 8.87. The summed E-state index contributed by atoms with van der Waals surface area (Å²) in [6, 6.07) is 4.97. The standard InChI is InChI=1S/C11H10Cl2N2O/c1-6-7(2)14-15(11(6)16)10-4-3-8(12)5-9(10)13/h3-6H,1-2H3. The van der Waals surface area contributed by atoms with Gasteiger partial charge in [0.05, 0.1) is 16.6 Å². The average Bonchev–Trinajstić information content (AvgIpc) is 2.46. The smallest absolute Gasteiger partial charge is 0.256 e. The molecule has 0 spiro atoms. The van der Waals surface area contributed by atoms with Gasteiger partial charge in [-0.3, -0.25) is 4.79 Å². The first-order valence-corrected chi connectivity index (χ1v) is 5.60. The average molecular weight is 257 g/mol. The molecule has 1 aromatic carbocycles. The van der Waals surface area contributed by atoms with Crippen molar-refractivity contribution < 1.29 is 4.79 Å². The summed E-state index contributed by atoms with van der Waals surface area (Å²) in [4.78, 5) is 11.9. The quantitative estimate of drug-likeness (QED) is 0.759. The lowest BCUT2D eigenvalue weighted by atomic mass is 10.1. The van der Waals surface area contributed by atoms with E-state index in [1.54, 1.807) is 18.2 Å². The Balaban J connectivity index is 2.43. The molecule has 0 bridgehead atoms. The minimum absolute atomic E-state index is 0.0678. The number of hydrogen-bond acceptors (Lipinski definition) is 2. The van der Waals surface area contributed by atoms with Crippen LogP contribution in [0.15, 0.2) is 23.3 Å². The van der Waals surface area contributed by atoms with Crippen LogP contribution in [0.5, 0.6) is 0 Å². The molecule has 1 heterocycles. The fourth-order valence-electron chi connectivity index (χ4n) is 1.48. The SMILES string of the molecule is CC1=NN(c2ccc(Cl)cc2Cl)C(=O)C1C. The summed E-state index contributed by atoms with van der Waals surface area (Å²) in [5.41, 5.74) is 1.36. The minimum atomic E-state index is -0.188. The first-order valence-electron chi connectivity index (χ1n) is 4.85. The molecule has 0 N–H and O–H groups in total. The van der Waals surface area contributed by atoms with E-state index in [0.717, 1.165) is 5.71 Å². The number of carbonyl (C=O) groups is 1. The van der Waals surface area contributed by atoms with Crippen LogP contribution in [0.4, 0.5) is 5.69 Å². The minimum Gasteiger partial charge on any atom is -0.272 e. The number of amides is 1. The van der Waals surface area contributed by atoms with Crippen molar-refractivity contribution in [3.63, 3.8) is 0 Å². The van der Waals surface area contributed by atoms with E-state index in [-0.39, 0.29) is 11.8 Å². The Kier molecular flexibility index (Phi) is 2.91. The van der Waals surface area contributed by atoms with Crippen molar-refractivity contribution in [1.82, 2.24) is 0 Å². The number of hydrogen-bond donors (Lipinski definition) is 0. The molecular weight excluding hydrogens is 247 g/mol. The zero-order chi connectivity index (χ0) is 11.9. The van der Waals surface area contributed by atoms with Crippen molar-refractivity contribution in [2.75, 3.05) is 5.01 Å². The number of rotatable bonds is 1. The van der Waals surface area contributed by atoms with E-state index in [1.165, 1.54) is 5.01 Å². The first-order chi connectivity index (χ1) is 7.50. The molecule has 2 rings (SSSR count). The topological polar surface area (TPSA) is 32.7 Å². The van der Waals surface area contributed by atoms with Crippen molar-refractivity contribution in [3.05, 3.63) is 28.2 Å². The normalized spacial score (nSPS) is 20.2. The Morgan fingerprint density at radius 1 is 1.38 bits per heavy atom. The summed E-state index contributed by atoms with van der Waals surface area (Å²) in [7, 11) is 0. The lowest BCUT2D eigenvalue weighted by molar-refractivity contribution is -0.119. The van der Waals surface area contributed by atoms with E-state index in [0.29, 0.717) is 15.7 Å². The molecule has 1 atom stereocenters. The van der Waals surface area contributed by atoms with E-state index in [1.807, 2.05) is 13.8 Å². The summed E-state index contributed by atoms with van der Waals surface area (Å²) >= 11 is 11.8. The number of halogens is 2. The predicted molar refractivity (Wildman–Crippen MR) is 66.2 cm³/mol. The van der Waals surface area contributed by atoms with Gasteiger partial charge in [0.15, 0.2) is 0 Å². The highest BCUT2D eigenvalue weighted by Crippen LogP contribution is 2.32. The third-order valence-electron chi connectivity index (χ3n) is 2.60. The third-order valence-corrected chi connectivity index (χ3v) is 3.14. The molecule has 0 radical (unpaired) electrons. The second-order valence-corrected chi connectivity index (χ2v) is 4.55. The number of anilines is 1. The summed E-state index contributed by atoms with van der Waals surface area (Å²) in [5.74, 6) is -0.256. The number of carbonyl (C=O) groups excluding carboxylic acids is 1. The highest BCUT2D eigenvalue weighted by atomic mass is 35.5. The van der Waals surface area contributed by atoms with Crippen LogP contribution in [0.25, 0.3) is 0 Å². The van der Waals surface area contributed by atoms with Gasteiger partial charge in [-0.1, -0.05) is 23.2 Å². The predicted octanol–water partition coefficient (Wildman–Crippen LogP) is 3.35. The molecule has 5 heteroatoms. The highest BCUT2D eigenvalue weighted by molar-refractivity contribution is 6.37. The largest absolute Gasteiger partial charge is 0.272 e. The molecule has 1 aliphatic rings. The molecular formula is C11H10Cl2N2O. The van der Waals surface area contributed by atoms with Gasteiger partial charge in [0.2, 0.25) is 0 Å². The molecule has 1 aliphatic heterocycles. The van der Waals surface area contributed by atoms with Gasteiger partial charge in [0.1, 0.15) is 0 Å². The van der Waals surface area contributed by atoms with Crippen LogP contribution in [0.1, 0.15) is 13.8 Å². The maximum Gasteiger partial charge on any atom is 0.256 e. The molecule has 0 aromatic heterocycles. The van der Waals surface area contributed by atoms with Gasteiger partial charge in [-0.2, -0.15) is 10.1 Å². The Labute approximate surface area is 104 Å². The second kappa shape index (κ2) is 4.07. The van der Waals surface area contributed by atoms with Gasteiger partial charge in [-0.05, 0) is 32.0 Å². The van der Waals surface area contributed by atoms with Gasteiger partial charge in [0.25, 0.3) is 5.91 Å². The van der Waals surface area contributed by atoms with Crippen LogP contribution >= 0.6 is 23.2 Å². The fraction of sp³-hybridized carbons (Fsp3) is 0.273. The van der Waals surface area contributed by atoms with Gasteiger partial charge in [-0.25, -0.2) is 0 Å². The van der Waals surface area contributed by atoms with E-state index in [4.69, 9.17) is 23.2 Å². The maximum absolute atomic E-state index is 11.9. The lowest BCUT2D eigenvalue weighted by Crippen LogP contribution is -2.25. The van der Waals surface area contributed by atoms with Crippen molar-refractivity contribution in [2.45, 2.75) is 13.8 Å². The highest BCUT2D eigenvalue weighted by Gasteiger charge is 2.31.